The average Bonchev–Trinajstić information content (AvgIpc) is 3.13. The van der Waals surface area contributed by atoms with Crippen LogP contribution in [0.3, 0.4) is 0 Å². The summed E-state index contributed by atoms with van der Waals surface area (Å²) in [5.74, 6) is -1.78. The highest BCUT2D eigenvalue weighted by Crippen LogP contribution is 2.51. The number of carboxylic acids is 1. The van der Waals surface area contributed by atoms with Crippen LogP contribution in [0.4, 0.5) is 5.69 Å². The lowest BCUT2D eigenvalue weighted by atomic mass is 9.60. The van der Waals surface area contributed by atoms with Crippen LogP contribution in [0.1, 0.15) is 69.9 Å². The van der Waals surface area contributed by atoms with Gasteiger partial charge in [0.2, 0.25) is 0 Å². The minimum Gasteiger partial charge on any atom is -0.492 e. The number of para-hydroxylation sites is 1. The van der Waals surface area contributed by atoms with Gasteiger partial charge in [0.1, 0.15) is 12.4 Å². The number of carbonyl (C=O) groups excluding carboxylic acids is 1. The molecule has 4 unspecified atom stereocenters. The minimum atomic E-state index is -1.43. The van der Waals surface area contributed by atoms with Crippen molar-refractivity contribution in [1.82, 2.24) is 15.5 Å². The van der Waals surface area contributed by atoms with Crippen LogP contribution in [0.15, 0.2) is 96.2 Å². The molecule has 274 valence electrons. The largest absolute Gasteiger partial charge is 0.492 e. The number of carboxylic acid groups (broad SMARTS) is 1. The maximum absolute atomic E-state index is 13.3. The van der Waals surface area contributed by atoms with Gasteiger partial charge in [-0.25, -0.2) is 4.79 Å². The molecule has 4 rings (SSSR count). The van der Waals surface area contributed by atoms with Crippen LogP contribution in [-0.2, 0) is 20.9 Å². The van der Waals surface area contributed by atoms with E-state index in [1.54, 1.807) is 19.9 Å². The van der Waals surface area contributed by atoms with Crippen molar-refractivity contribution in [3.8, 4) is 5.75 Å². The first-order chi connectivity index (χ1) is 24.6. The Balaban J connectivity index is 1.33. The van der Waals surface area contributed by atoms with Crippen molar-refractivity contribution >= 4 is 17.6 Å². The Morgan fingerprint density at radius 3 is 2.35 bits per heavy atom. The van der Waals surface area contributed by atoms with Gasteiger partial charge >= 0.3 is 11.9 Å². The molecule has 11 nitrogen and oxygen atoms in total. The third kappa shape index (κ3) is 10.2. The zero-order valence-electron chi connectivity index (χ0n) is 30.2. The Kier molecular flexibility index (Phi) is 14.6. The summed E-state index contributed by atoms with van der Waals surface area (Å²) in [6, 6.07) is 25.9. The molecule has 3 N–H and O–H groups in total. The van der Waals surface area contributed by atoms with Gasteiger partial charge in [0.05, 0.1) is 23.0 Å². The molecule has 0 saturated carbocycles. The highest BCUT2D eigenvalue weighted by molar-refractivity contribution is 5.94. The number of rotatable bonds is 20. The molecule has 1 heterocycles. The number of aliphatic carboxylic acids is 1. The van der Waals surface area contributed by atoms with E-state index >= 15 is 0 Å². The van der Waals surface area contributed by atoms with Gasteiger partial charge in [-0.2, -0.15) is 0 Å². The Labute approximate surface area is 301 Å². The molecule has 0 aromatic heterocycles. The number of methoxy groups -OCH3 is 1. The van der Waals surface area contributed by atoms with Gasteiger partial charge in [-0.05, 0) is 63.4 Å². The summed E-state index contributed by atoms with van der Waals surface area (Å²) in [7, 11) is 1.25. The van der Waals surface area contributed by atoms with Crippen molar-refractivity contribution in [3.63, 3.8) is 0 Å². The van der Waals surface area contributed by atoms with Gasteiger partial charge in [-0.3, -0.25) is 19.8 Å². The number of hydrogen-bond donors (Lipinski definition) is 3. The van der Waals surface area contributed by atoms with Crippen LogP contribution in [-0.4, -0.2) is 72.3 Å². The van der Waals surface area contributed by atoms with E-state index in [0.717, 1.165) is 51.2 Å². The Morgan fingerprint density at radius 2 is 1.69 bits per heavy atom. The first-order valence-corrected chi connectivity index (χ1v) is 17.8. The number of non-ortho nitro benzene ring substituents is 1. The van der Waals surface area contributed by atoms with Crippen LogP contribution in [0.2, 0.25) is 0 Å². The summed E-state index contributed by atoms with van der Waals surface area (Å²) < 4.78 is 11.2. The van der Waals surface area contributed by atoms with Crippen LogP contribution in [0.25, 0.3) is 0 Å². The van der Waals surface area contributed by atoms with E-state index in [0.29, 0.717) is 24.3 Å². The SMILES string of the molecule is COC(=O)C1=C(C)NC(C)C(CCCCCCNCCN(Cc2ccccc2)C(C)COc2ccccc2)(C(=O)O)C1c1cccc([N+](=O)[O-])c1. The maximum atomic E-state index is 13.3. The fraction of sp³-hybridized carbons (Fsp3) is 0.450. The third-order valence-electron chi connectivity index (χ3n) is 9.99. The zero-order chi connectivity index (χ0) is 36.8. The number of unbranched alkanes of at least 4 members (excludes halogenated alkanes) is 3. The second-order valence-electron chi connectivity index (χ2n) is 13.4. The van der Waals surface area contributed by atoms with E-state index in [-0.39, 0.29) is 23.7 Å². The van der Waals surface area contributed by atoms with E-state index in [9.17, 15) is 24.8 Å². The smallest absolute Gasteiger partial charge is 0.336 e. The number of esters is 1. The lowest BCUT2D eigenvalue weighted by Crippen LogP contribution is -2.56. The molecule has 0 aliphatic carbocycles. The molecule has 3 aromatic carbocycles. The molecule has 1 aliphatic rings. The number of ether oxygens (including phenoxy) is 2. The van der Waals surface area contributed by atoms with Crippen LogP contribution in [0.5, 0.6) is 5.75 Å². The van der Waals surface area contributed by atoms with E-state index in [1.807, 2.05) is 36.4 Å². The summed E-state index contributed by atoms with van der Waals surface area (Å²) in [5, 5.41) is 29.3. The van der Waals surface area contributed by atoms with E-state index in [1.165, 1.54) is 30.9 Å². The van der Waals surface area contributed by atoms with Crippen LogP contribution >= 0.6 is 0 Å². The fourth-order valence-electron chi connectivity index (χ4n) is 7.18. The zero-order valence-corrected chi connectivity index (χ0v) is 30.2. The van der Waals surface area contributed by atoms with E-state index < -0.39 is 34.2 Å². The molecule has 51 heavy (non-hydrogen) atoms. The maximum Gasteiger partial charge on any atom is 0.336 e. The molecule has 0 spiro atoms. The van der Waals surface area contributed by atoms with Gasteiger partial charge in [0.25, 0.3) is 5.69 Å². The minimum absolute atomic E-state index is 0.162. The quantitative estimate of drug-likeness (QED) is 0.0505. The Hall–Kier alpha value is -4.74. The van der Waals surface area contributed by atoms with Crippen molar-refractivity contribution in [2.75, 3.05) is 33.4 Å². The number of nitro groups is 1. The molecule has 0 saturated heterocycles. The van der Waals surface area contributed by atoms with Crippen molar-refractivity contribution in [3.05, 3.63) is 117 Å². The molecule has 0 radical (unpaired) electrons. The summed E-state index contributed by atoms with van der Waals surface area (Å²) >= 11 is 0. The van der Waals surface area contributed by atoms with Crippen molar-refractivity contribution in [2.45, 2.75) is 77.4 Å². The van der Waals surface area contributed by atoms with Gasteiger partial charge in [-0.1, -0.05) is 79.9 Å². The number of nitrogens with zero attached hydrogens (tertiary/aromatic N) is 2. The molecule has 0 bridgehead atoms. The summed E-state index contributed by atoms with van der Waals surface area (Å²) in [6.07, 6.45) is 3.53. The van der Waals surface area contributed by atoms with Gasteiger partial charge in [-0.15, -0.1) is 0 Å². The monoisotopic (exact) mass is 700 g/mol. The van der Waals surface area contributed by atoms with Gasteiger partial charge in [0, 0.05) is 55.5 Å². The molecule has 3 aromatic rings. The predicted octanol–water partition coefficient (Wildman–Crippen LogP) is 6.70. The number of nitro benzene ring substituents is 1. The first-order valence-electron chi connectivity index (χ1n) is 17.8. The summed E-state index contributed by atoms with van der Waals surface area (Å²) in [6.45, 7) is 9.62. The van der Waals surface area contributed by atoms with Crippen LogP contribution in [0, 0.1) is 15.5 Å². The Bertz CT molecular complexity index is 1620. The normalized spacial score (nSPS) is 19.3. The van der Waals surface area contributed by atoms with Crippen molar-refractivity contribution in [2.24, 2.45) is 5.41 Å². The van der Waals surface area contributed by atoms with Crippen molar-refractivity contribution in [1.29, 1.82) is 0 Å². The van der Waals surface area contributed by atoms with Gasteiger partial charge < -0.3 is 25.2 Å². The molecule has 1 aliphatic heterocycles. The van der Waals surface area contributed by atoms with Crippen molar-refractivity contribution < 1.29 is 29.1 Å². The number of allylic oxidation sites excluding steroid dienone is 1. The molecule has 0 amide bonds. The highest BCUT2D eigenvalue weighted by Gasteiger charge is 2.56. The lowest BCUT2D eigenvalue weighted by molar-refractivity contribution is -0.384. The molecule has 4 atom stereocenters. The molecular weight excluding hydrogens is 648 g/mol. The topological polar surface area (TPSA) is 143 Å². The first kappa shape index (κ1) is 39.1. The van der Waals surface area contributed by atoms with Gasteiger partial charge in [0.15, 0.2) is 0 Å². The van der Waals surface area contributed by atoms with E-state index in [4.69, 9.17) is 9.47 Å². The highest BCUT2D eigenvalue weighted by atomic mass is 16.6. The fourth-order valence-corrected chi connectivity index (χ4v) is 7.18. The third-order valence-corrected chi connectivity index (χ3v) is 9.99. The molecular formula is C40H52N4O7. The standard InChI is InChI=1S/C40H52N4O7/c1-29(28-51-35-20-11-8-12-21-35)43(27-32-16-9-7-10-17-32)25-24-41-23-14-6-5-13-22-40(39(46)47)31(3)42-30(2)36(38(45)50-4)37(40)33-18-15-19-34(26-33)44(48)49/h7-12,15-21,26,29,31,37,41-42H,5-6,13-14,22-25,27-28H2,1-4H3,(H,46,47). The lowest BCUT2D eigenvalue weighted by Gasteiger charge is -2.47. The predicted molar refractivity (Wildman–Crippen MR) is 197 cm³/mol. The Morgan fingerprint density at radius 1 is 1.00 bits per heavy atom. The second-order valence-corrected chi connectivity index (χ2v) is 13.4. The summed E-state index contributed by atoms with van der Waals surface area (Å²) in [5.41, 5.74) is 0.762. The molecule has 11 heteroatoms. The summed E-state index contributed by atoms with van der Waals surface area (Å²) in [4.78, 5) is 39.9. The van der Waals surface area contributed by atoms with E-state index in [2.05, 4.69) is 46.7 Å². The number of benzene rings is 3. The number of nitrogens with one attached hydrogen (secondary N) is 2. The number of hydrogen-bond acceptors (Lipinski definition) is 9. The molecule has 0 fully saturated rings. The number of carbonyl (C=O) groups is 2. The average molecular weight is 701 g/mol. The van der Waals surface area contributed by atoms with Crippen LogP contribution < -0.4 is 15.4 Å². The second kappa shape index (κ2) is 19.0.